The molecular weight excluding hydrogens is 330 g/mol. The zero-order valence-electron chi connectivity index (χ0n) is 12.9. The zero-order chi connectivity index (χ0) is 16.7. The number of hydrogen-bond acceptors (Lipinski definition) is 5. The molecule has 4 rings (SSSR count). The van der Waals surface area contributed by atoms with Crippen LogP contribution in [-0.4, -0.2) is 22.6 Å². The fourth-order valence-corrected chi connectivity index (χ4v) is 3.18. The second kappa shape index (κ2) is 5.79. The number of halogens is 1. The Kier molecular flexibility index (Phi) is 3.61. The molecule has 1 unspecified atom stereocenters. The van der Waals surface area contributed by atoms with Crippen LogP contribution in [0.25, 0.3) is 11.7 Å². The predicted molar refractivity (Wildman–Crippen MR) is 87.9 cm³/mol. The van der Waals surface area contributed by atoms with Crippen molar-refractivity contribution < 1.29 is 13.7 Å². The largest absolute Gasteiger partial charge is 0.459 e. The summed E-state index contributed by atoms with van der Waals surface area (Å²) >= 11 is 6.28. The van der Waals surface area contributed by atoms with Crippen molar-refractivity contribution in [3.05, 3.63) is 53.0 Å². The van der Waals surface area contributed by atoms with Crippen LogP contribution in [0.3, 0.4) is 0 Å². The molecule has 24 heavy (non-hydrogen) atoms. The van der Waals surface area contributed by atoms with E-state index in [0.717, 1.165) is 5.56 Å². The number of nitrogens with zero attached hydrogens (tertiary/aromatic N) is 3. The van der Waals surface area contributed by atoms with E-state index in [-0.39, 0.29) is 11.8 Å². The van der Waals surface area contributed by atoms with Gasteiger partial charge in [0.25, 0.3) is 5.89 Å². The Balaban J connectivity index is 1.58. The summed E-state index contributed by atoms with van der Waals surface area (Å²) in [5, 5.41) is 4.56. The minimum absolute atomic E-state index is 0.00454. The second-order valence-corrected chi connectivity index (χ2v) is 6.20. The molecule has 6 nitrogen and oxygen atoms in total. The maximum Gasteiger partial charge on any atom is 0.293 e. The molecule has 0 spiro atoms. The highest BCUT2D eigenvalue weighted by molar-refractivity contribution is 6.34. The fraction of sp³-hybridized carbons (Fsp3) is 0.235. The van der Waals surface area contributed by atoms with Gasteiger partial charge in [-0.25, -0.2) is 0 Å². The van der Waals surface area contributed by atoms with E-state index in [9.17, 15) is 4.79 Å². The van der Waals surface area contributed by atoms with Crippen LogP contribution < -0.4 is 4.90 Å². The number of amides is 1. The number of furan rings is 1. The summed E-state index contributed by atoms with van der Waals surface area (Å²) in [6.07, 6.45) is 1.86. The molecule has 0 N–H and O–H groups in total. The molecular formula is C17H14ClN3O3. The van der Waals surface area contributed by atoms with E-state index in [1.807, 2.05) is 25.1 Å². The monoisotopic (exact) mass is 343 g/mol. The molecule has 122 valence electrons. The first kappa shape index (κ1) is 15.0. The van der Waals surface area contributed by atoms with Crippen molar-refractivity contribution in [2.45, 2.75) is 19.3 Å². The van der Waals surface area contributed by atoms with Crippen molar-refractivity contribution in [3.8, 4) is 11.7 Å². The highest BCUT2D eigenvalue weighted by atomic mass is 35.5. The molecule has 3 heterocycles. The Morgan fingerprint density at radius 3 is 2.96 bits per heavy atom. The van der Waals surface area contributed by atoms with E-state index in [1.165, 1.54) is 0 Å². The number of aromatic nitrogens is 2. The van der Waals surface area contributed by atoms with Crippen molar-refractivity contribution in [2.75, 3.05) is 11.4 Å². The number of benzene rings is 1. The minimum Gasteiger partial charge on any atom is -0.459 e. The summed E-state index contributed by atoms with van der Waals surface area (Å²) in [5.41, 5.74) is 1.76. The molecule has 1 atom stereocenters. The Labute approximate surface area is 143 Å². The summed E-state index contributed by atoms with van der Waals surface area (Å²) in [4.78, 5) is 18.4. The lowest BCUT2D eigenvalue weighted by Gasteiger charge is -2.18. The normalized spacial score (nSPS) is 17.7. The smallest absolute Gasteiger partial charge is 0.293 e. The lowest BCUT2D eigenvalue weighted by atomic mass is 10.1. The van der Waals surface area contributed by atoms with E-state index < -0.39 is 0 Å². The molecule has 7 heteroatoms. The van der Waals surface area contributed by atoms with Crippen LogP contribution in [0.15, 0.2) is 45.5 Å². The summed E-state index contributed by atoms with van der Waals surface area (Å²) in [6, 6.07) is 9.14. The van der Waals surface area contributed by atoms with Gasteiger partial charge in [-0.1, -0.05) is 22.8 Å². The van der Waals surface area contributed by atoms with Gasteiger partial charge < -0.3 is 13.8 Å². The van der Waals surface area contributed by atoms with Crippen LogP contribution in [-0.2, 0) is 4.79 Å². The van der Waals surface area contributed by atoms with Gasteiger partial charge in [-0.3, -0.25) is 4.79 Å². The molecule has 2 aromatic heterocycles. The Hall–Kier alpha value is -2.60. The van der Waals surface area contributed by atoms with Crippen LogP contribution in [0, 0.1) is 6.92 Å². The average molecular weight is 344 g/mol. The number of carbonyl (C=O) groups excluding carboxylic acids is 1. The second-order valence-electron chi connectivity index (χ2n) is 5.80. The highest BCUT2D eigenvalue weighted by Gasteiger charge is 2.35. The van der Waals surface area contributed by atoms with E-state index in [1.54, 1.807) is 23.3 Å². The predicted octanol–water partition coefficient (Wildman–Crippen LogP) is 3.81. The molecule has 1 aliphatic heterocycles. The minimum atomic E-state index is -0.137. The molecule has 0 radical (unpaired) electrons. The van der Waals surface area contributed by atoms with Gasteiger partial charge in [0.15, 0.2) is 11.6 Å². The maximum absolute atomic E-state index is 12.4. The van der Waals surface area contributed by atoms with Crippen molar-refractivity contribution in [1.82, 2.24) is 10.1 Å². The first-order chi connectivity index (χ1) is 11.6. The lowest BCUT2D eigenvalue weighted by molar-refractivity contribution is -0.117. The first-order valence-corrected chi connectivity index (χ1v) is 7.93. The van der Waals surface area contributed by atoms with Crippen LogP contribution in [0.5, 0.6) is 0 Å². The molecule has 0 saturated carbocycles. The molecule has 3 aromatic rings. The molecule has 1 saturated heterocycles. The third-order valence-electron chi connectivity index (χ3n) is 4.06. The van der Waals surface area contributed by atoms with Gasteiger partial charge in [-0.15, -0.1) is 0 Å². The summed E-state index contributed by atoms with van der Waals surface area (Å²) in [7, 11) is 0. The summed E-state index contributed by atoms with van der Waals surface area (Å²) < 4.78 is 10.5. The van der Waals surface area contributed by atoms with Gasteiger partial charge in [0, 0.05) is 18.9 Å². The molecule has 1 aliphatic rings. The summed E-state index contributed by atoms with van der Waals surface area (Å²) in [5.74, 6) is 1.18. The van der Waals surface area contributed by atoms with Gasteiger partial charge in [-0.2, -0.15) is 4.98 Å². The third-order valence-corrected chi connectivity index (χ3v) is 4.36. The van der Waals surface area contributed by atoms with Gasteiger partial charge >= 0.3 is 0 Å². The van der Waals surface area contributed by atoms with Crippen molar-refractivity contribution in [3.63, 3.8) is 0 Å². The maximum atomic E-state index is 12.4. The van der Waals surface area contributed by atoms with Crippen molar-refractivity contribution in [1.29, 1.82) is 0 Å². The summed E-state index contributed by atoms with van der Waals surface area (Å²) in [6.45, 7) is 2.43. The van der Waals surface area contributed by atoms with E-state index in [2.05, 4.69) is 10.1 Å². The number of hydrogen-bond donors (Lipinski definition) is 0. The van der Waals surface area contributed by atoms with Crippen LogP contribution in [0.2, 0.25) is 5.02 Å². The zero-order valence-corrected chi connectivity index (χ0v) is 13.7. The van der Waals surface area contributed by atoms with Gasteiger partial charge in [0.05, 0.1) is 17.0 Å². The van der Waals surface area contributed by atoms with Gasteiger partial charge in [0.2, 0.25) is 5.91 Å². The molecule has 1 aromatic carbocycles. The van der Waals surface area contributed by atoms with Gasteiger partial charge in [-0.05, 0) is 36.8 Å². The average Bonchev–Trinajstić information content (AvgIpc) is 3.27. The number of aryl methyl sites for hydroxylation is 1. The molecule has 1 fully saturated rings. The quantitative estimate of drug-likeness (QED) is 0.723. The fourth-order valence-electron chi connectivity index (χ4n) is 2.85. The number of rotatable bonds is 3. The van der Waals surface area contributed by atoms with Crippen molar-refractivity contribution >= 4 is 23.2 Å². The SMILES string of the molecule is Cc1ccc(N2CC(c3noc(-c4ccco4)n3)CC2=O)c(Cl)c1. The Morgan fingerprint density at radius 2 is 2.21 bits per heavy atom. The van der Waals surface area contributed by atoms with E-state index in [4.69, 9.17) is 20.5 Å². The number of carbonyl (C=O) groups is 1. The lowest BCUT2D eigenvalue weighted by Crippen LogP contribution is -2.24. The topological polar surface area (TPSA) is 72.4 Å². The Morgan fingerprint density at radius 1 is 1.33 bits per heavy atom. The van der Waals surface area contributed by atoms with E-state index >= 15 is 0 Å². The molecule has 1 amide bonds. The van der Waals surface area contributed by atoms with Crippen LogP contribution in [0.4, 0.5) is 5.69 Å². The standard InChI is InChI=1S/C17H14ClN3O3/c1-10-4-5-13(12(18)7-10)21-9-11(8-15(21)22)16-19-17(24-20-16)14-3-2-6-23-14/h2-7,11H,8-9H2,1H3. The van der Waals surface area contributed by atoms with E-state index in [0.29, 0.717) is 41.2 Å². The molecule has 0 aliphatic carbocycles. The van der Waals surface area contributed by atoms with Crippen LogP contribution in [0.1, 0.15) is 23.7 Å². The highest BCUT2D eigenvalue weighted by Crippen LogP contribution is 2.35. The van der Waals surface area contributed by atoms with Gasteiger partial charge in [0.1, 0.15) is 0 Å². The van der Waals surface area contributed by atoms with Crippen LogP contribution >= 0.6 is 11.6 Å². The third kappa shape index (κ3) is 2.59. The Bertz CT molecular complexity index is 888. The first-order valence-electron chi connectivity index (χ1n) is 7.56. The molecule has 0 bridgehead atoms. The van der Waals surface area contributed by atoms with Crippen molar-refractivity contribution in [2.24, 2.45) is 0 Å². The number of anilines is 1.